The van der Waals surface area contributed by atoms with Gasteiger partial charge in [-0.25, -0.2) is 18.6 Å². The summed E-state index contributed by atoms with van der Waals surface area (Å²) >= 11 is 0. The van der Waals surface area contributed by atoms with E-state index in [1.807, 2.05) is 0 Å². The predicted octanol–water partition coefficient (Wildman–Crippen LogP) is 7.23. The highest BCUT2D eigenvalue weighted by Gasteiger charge is 2.76. The summed E-state index contributed by atoms with van der Waals surface area (Å²) in [5.74, 6) is -2.07. The Morgan fingerprint density at radius 1 is 1.03 bits per heavy atom. The van der Waals surface area contributed by atoms with Crippen molar-refractivity contribution >= 4 is 28.7 Å². The molecular weight excluding hydrogens is 785 g/mol. The van der Waals surface area contributed by atoms with E-state index in [-0.39, 0.29) is 41.7 Å². The lowest BCUT2D eigenvalue weighted by Crippen LogP contribution is -2.36. The number of benzene rings is 2. The number of nitrogens with zero attached hydrogens (tertiary/aromatic N) is 5. The van der Waals surface area contributed by atoms with E-state index in [0.717, 1.165) is 25.0 Å². The lowest BCUT2D eigenvalue weighted by molar-refractivity contribution is -0.142. The van der Waals surface area contributed by atoms with Gasteiger partial charge in [-0.2, -0.15) is 32.1 Å². The number of rotatable bonds is 9. The maximum Gasteiger partial charge on any atom is 0.435 e. The lowest BCUT2D eigenvalue weighted by Gasteiger charge is -2.24. The number of anilines is 1. The number of carbonyl (C=O) groups excluding carboxylic acids is 2. The Hall–Kier alpha value is -5.96. The van der Waals surface area contributed by atoms with Gasteiger partial charge in [0.1, 0.15) is 35.2 Å². The van der Waals surface area contributed by atoms with Crippen molar-refractivity contribution < 1.29 is 45.4 Å². The molecule has 11 nitrogen and oxygen atoms in total. The number of urea groups is 1. The minimum absolute atomic E-state index is 0.0410. The third-order valence-electron chi connectivity index (χ3n) is 10.9. The van der Waals surface area contributed by atoms with Crippen LogP contribution in [0.3, 0.4) is 0 Å². The number of para-hydroxylation sites is 1. The number of nitrogens with one attached hydrogen (secondary N) is 3. The monoisotopic (exact) mass is 822 g/mol. The molecule has 8 rings (SSSR count). The van der Waals surface area contributed by atoms with Gasteiger partial charge in [0.25, 0.3) is 5.92 Å². The Kier molecular flexibility index (Phi) is 9.33. The third-order valence-corrected chi connectivity index (χ3v) is 10.9. The number of fused-ring (bicyclic) bond motifs is 4. The SMILES string of the molecule is Cn1nc(NC(=O)NC2CC2)c2cccc(-c3ccc(C#CC(C)(C)O)nc3[C@H](Cc3cc(F)cc(F)c3)NC(=O)Cn3nc(C(F)(F)F)c4c3C(F)(F)[C@]3(C)C[C@H]43)c21. The average Bonchev–Trinajstić information content (AvgIpc) is 3.99. The van der Waals surface area contributed by atoms with E-state index < -0.39 is 82.1 Å². The summed E-state index contributed by atoms with van der Waals surface area (Å²) in [4.78, 5) is 31.5. The Morgan fingerprint density at radius 2 is 1.75 bits per heavy atom. The first-order valence-electron chi connectivity index (χ1n) is 18.7. The molecule has 2 saturated carbocycles. The lowest BCUT2D eigenvalue weighted by atomic mass is 9.93. The highest BCUT2D eigenvalue weighted by molar-refractivity contribution is 6.04. The van der Waals surface area contributed by atoms with Crippen molar-refractivity contribution in [3.05, 3.63) is 94.1 Å². The van der Waals surface area contributed by atoms with Gasteiger partial charge in [0.15, 0.2) is 11.5 Å². The van der Waals surface area contributed by atoms with E-state index in [1.54, 1.807) is 31.3 Å². The Bertz CT molecular complexity index is 2590. The van der Waals surface area contributed by atoms with Crippen molar-refractivity contribution in [3.63, 3.8) is 0 Å². The van der Waals surface area contributed by atoms with E-state index in [1.165, 1.54) is 31.5 Å². The van der Waals surface area contributed by atoms with Crippen LogP contribution in [-0.4, -0.2) is 53.2 Å². The van der Waals surface area contributed by atoms with Gasteiger partial charge in [-0.3, -0.25) is 19.5 Å². The number of amides is 3. The second-order valence-electron chi connectivity index (χ2n) is 16.1. The number of aromatic nitrogens is 5. The van der Waals surface area contributed by atoms with Crippen molar-refractivity contribution in [2.75, 3.05) is 5.32 Å². The van der Waals surface area contributed by atoms with Gasteiger partial charge in [0, 0.05) is 52.6 Å². The van der Waals surface area contributed by atoms with Crippen LogP contribution in [0.15, 0.2) is 48.5 Å². The number of aryl methyl sites for hydroxylation is 1. The number of halogens is 7. The van der Waals surface area contributed by atoms with E-state index >= 15 is 8.78 Å². The highest BCUT2D eigenvalue weighted by atomic mass is 19.4. The van der Waals surface area contributed by atoms with Crippen LogP contribution in [0.5, 0.6) is 0 Å². The number of hydrogen-bond donors (Lipinski definition) is 4. The van der Waals surface area contributed by atoms with Crippen molar-refractivity contribution in [2.45, 2.75) is 88.7 Å². The molecule has 2 fully saturated rings. The summed E-state index contributed by atoms with van der Waals surface area (Å²) in [5.41, 5.74) is -4.82. The maximum absolute atomic E-state index is 15.8. The summed E-state index contributed by atoms with van der Waals surface area (Å²) in [5, 5.41) is 27.2. The topological polar surface area (TPSA) is 139 Å². The number of carbonyl (C=O) groups is 2. The van der Waals surface area contributed by atoms with Crippen LogP contribution < -0.4 is 16.0 Å². The molecule has 18 heteroatoms. The predicted molar refractivity (Wildman–Crippen MR) is 200 cm³/mol. The molecule has 0 spiro atoms. The first-order chi connectivity index (χ1) is 27.6. The molecule has 308 valence electrons. The highest BCUT2D eigenvalue weighted by Crippen LogP contribution is 2.77. The van der Waals surface area contributed by atoms with Gasteiger partial charge in [-0.1, -0.05) is 25.0 Å². The summed E-state index contributed by atoms with van der Waals surface area (Å²) in [7, 11) is 1.64. The standard InChI is InChI=1S/C41H37F7N8O3/c1-38(2,59)13-12-24-10-11-25(26-6-5-7-27-33(26)55(4)54-36(27)52-37(58)50-23-8-9-23)32(49-24)29(16-20-14-21(42)17-22(43)15-20)51-30(57)19-56-35-31(34(53-56)41(46,47)48)28-18-39(28,3)40(35,44)45/h5-7,10-11,14-15,17,23,28-29,59H,8-9,16,18-19H2,1-4H3,(H,51,57)(H2,50,52,54,58)/t28-,29+,39-/m1/s1. The largest absolute Gasteiger partial charge is 0.435 e. The van der Waals surface area contributed by atoms with Gasteiger partial charge >= 0.3 is 12.2 Å². The molecule has 3 heterocycles. The summed E-state index contributed by atoms with van der Waals surface area (Å²) in [6, 6.07) is 9.25. The fourth-order valence-corrected chi connectivity index (χ4v) is 7.88. The van der Waals surface area contributed by atoms with Gasteiger partial charge in [0.05, 0.1) is 17.3 Å². The summed E-state index contributed by atoms with van der Waals surface area (Å²) in [6.07, 6.45) is -3.88. The van der Waals surface area contributed by atoms with Crippen LogP contribution in [0.4, 0.5) is 41.3 Å². The summed E-state index contributed by atoms with van der Waals surface area (Å²) in [6.45, 7) is 3.02. The number of pyridine rings is 1. The van der Waals surface area contributed by atoms with Crippen molar-refractivity contribution in [2.24, 2.45) is 12.5 Å². The van der Waals surface area contributed by atoms with Gasteiger partial charge < -0.3 is 15.7 Å². The van der Waals surface area contributed by atoms with E-state index in [9.17, 15) is 36.6 Å². The fraction of sp³-hybridized carbons (Fsp3) is 0.390. The zero-order chi connectivity index (χ0) is 42.4. The molecule has 0 radical (unpaired) electrons. The molecule has 0 saturated heterocycles. The molecule has 0 bridgehead atoms. The van der Waals surface area contributed by atoms with Crippen LogP contribution in [0.25, 0.3) is 22.0 Å². The molecule has 0 unspecified atom stereocenters. The third kappa shape index (κ3) is 7.47. The second-order valence-corrected chi connectivity index (χ2v) is 16.1. The number of alkyl halides is 5. The Balaban J connectivity index is 1.24. The molecule has 3 atom stereocenters. The van der Waals surface area contributed by atoms with Crippen LogP contribution in [-0.2, 0) is 36.9 Å². The molecule has 5 aromatic rings. The van der Waals surface area contributed by atoms with Crippen LogP contribution >= 0.6 is 0 Å². The van der Waals surface area contributed by atoms with Crippen LogP contribution in [0.1, 0.15) is 85.9 Å². The quantitative estimate of drug-likeness (QED) is 0.0915. The molecule has 4 N–H and O–H groups in total. The molecule has 3 aliphatic carbocycles. The van der Waals surface area contributed by atoms with Crippen molar-refractivity contribution in [1.82, 2.24) is 35.2 Å². The Morgan fingerprint density at radius 3 is 2.41 bits per heavy atom. The first kappa shape index (κ1) is 39.8. The van der Waals surface area contributed by atoms with E-state index in [2.05, 4.69) is 38.0 Å². The second kappa shape index (κ2) is 13.8. The Labute approximate surface area is 332 Å². The zero-order valence-electron chi connectivity index (χ0n) is 32.0. The van der Waals surface area contributed by atoms with Crippen molar-refractivity contribution in [1.29, 1.82) is 0 Å². The molecule has 0 aliphatic heterocycles. The van der Waals surface area contributed by atoms with Crippen molar-refractivity contribution in [3.8, 4) is 23.0 Å². The smallest absolute Gasteiger partial charge is 0.378 e. The minimum atomic E-state index is -5.08. The molecule has 3 aromatic heterocycles. The van der Waals surface area contributed by atoms with Gasteiger partial charge in [-0.05, 0) is 81.3 Å². The number of aliphatic hydroxyl groups is 1. The molecule has 2 aromatic carbocycles. The average molecular weight is 823 g/mol. The van der Waals surface area contributed by atoms with Gasteiger partial charge in [0.2, 0.25) is 5.91 Å². The number of hydrogen-bond acceptors (Lipinski definition) is 6. The van der Waals surface area contributed by atoms with E-state index in [4.69, 9.17) is 4.98 Å². The van der Waals surface area contributed by atoms with Crippen LogP contribution in [0.2, 0.25) is 0 Å². The molecule has 3 aliphatic rings. The summed E-state index contributed by atoms with van der Waals surface area (Å²) < 4.78 is 105. The minimum Gasteiger partial charge on any atom is -0.378 e. The zero-order valence-corrected chi connectivity index (χ0v) is 32.0. The molecule has 3 amide bonds. The van der Waals surface area contributed by atoms with E-state index in [0.29, 0.717) is 32.8 Å². The molecular formula is C41H37F7N8O3. The first-order valence-corrected chi connectivity index (χ1v) is 18.7. The fourth-order valence-electron chi connectivity index (χ4n) is 7.88. The van der Waals surface area contributed by atoms with Crippen LogP contribution in [0, 0.1) is 28.9 Å². The maximum atomic E-state index is 15.8. The molecule has 59 heavy (non-hydrogen) atoms. The normalized spacial score (nSPS) is 19.7. The van der Waals surface area contributed by atoms with Gasteiger partial charge in [-0.15, -0.1) is 0 Å².